The zero-order valence-corrected chi connectivity index (χ0v) is 11.7. The van der Waals surface area contributed by atoms with E-state index in [1.807, 2.05) is 36.4 Å². The second-order valence-electron chi connectivity index (χ2n) is 4.71. The lowest BCUT2D eigenvalue weighted by atomic mass is 10.1. The number of nitrogens with one attached hydrogen (secondary N) is 2. The van der Waals surface area contributed by atoms with Crippen LogP contribution in [0.4, 0.5) is 10.5 Å². The Kier molecular flexibility index (Phi) is 3.64. The van der Waals surface area contributed by atoms with Crippen molar-refractivity contribution < 1.29 is 14.3 Å². The predicted octanol–water partition coefficient (Wildman–Crippen LogP) is 2.91. The number of ether oxygens (including phenoxy) is 2. The smallest absolute Gasteiger partial charge is 0.319 e. The van der Waals surface area contributed by atoms with E-state index in [-0.39, 0.29) is 6.03 Å². The number of hydrogen-bond acceptors (Lipinski definition) is 3. The van der Waals surface area contributed by atoms with Gasteiger partial charge in [0.05, 0.1) is 19.3 Å². The van der Waals surface area contributed by atoms with E-state index in [2.05, 4.69) is 10.6 Å². The zero-order valence-electron chi connectivity index (χ0n) is 11.7. The number of carbonyl (C=O) groups is 1. The van der Waals surface area contributed by atoms with E-state index < -0.39 is 0 Å². The molecule has 3 rings (SSSR count). The fraction of sp³-hybridized carbons (Fsp3) is 0.188. The van der Waals surface area contributed by atoms with Crippen LogP contribution in [0.1, 0.15) is 11.1 Å². The van der Waals surface area contributed by atoms with Gasteiger partial charge in [0.25, 0.3) is 0 Å². The fourth-order valence-corrected chi connectivity index (χ4v) is 2.28. The largest absolute Gasteiger partial charge is 0.493 e. The molecule has 0 saturated carbocycles. The summed E-state index contributed by atoms with van der Waals surface area (Å²) in [4.78, 5) is 11.4. The number of benzene rings is 2. The van der Waals surface area contributed by atoms with E-state index in [0.717, 1.165) is 16.8 Å². The van der Waals surface area contributed by atoms with Gasteiger partial charge in [0, 0.05) is 5.56 Å². The lowest BCUT2D eigenvalue weighted by molar-refractivity contribution is 0.249. The first-order valence-electron chi connectivity index (χ1n) is 6.69. The van der Waals surface area contributed by atoms with Crippen LogP contribution in [0, 0.1) is 0 Å². The molecule has 108 valence electrons. The van der Waals surface area contributed by atoms with E-state index in [1.165, 1.54) is 0 Å². The zero-order chi connectivity index (χ0) is 14.7. The van der Waals surface area contributed by atoms with Crippen molar-refractivity contribution in [3.8, 4) is 11.5 Å². The van der Waals surface area contributed by atoms with Gasteiger partial charge in [0.2, 0.25) is 0 Å². The second kappa shape index (κ2) is 5.75. The number of rotatable bonds is 4. The average Bonchev–Trinajstić information content (AvgIpc) is 2.53. The van der Waals surface area contributed by atoms with E-state index in [1.54, 1.807) is 13.2 Å². The molecule has 2 aromatic rings. The van der Waals surface area contributed by atoms with Crippen LogP contribution in [0.5, 0.6) is 11.5 Å². The van der Waals surface area contributed by atoms with Crippen molar-refractivity contribution >= 4 is 11.7 Å². The molecule has 5 heteroatoms. The predicted molar refractivity (Wildman–Crippen MR) is 79.6 cm³/mol. The third kappa shape index (κ3) is 2.76. The van der Waals surface area contributed by atoms with Crippen molar-refractivity contribution in [3.63, 3.8) is 0 Å². The highest BCUT2D eigenvalue weighted by atomic mass is 16.5. The van der Waals surface area contributed by atoms with Gasteiger partial charge in [0.15, 0.2) is 11.5 Å². The Labute approximate surface area is 122 Å². The van der Waals surface area contributed by atoms with Gasteiger partial charge in [-0.2, -0.15) is 0 Å². The monoisotopic (exact) mass is 284 g/mol. The van der Waals surface area contributed by atoms with Gasteiger partial charge >= 0.3 is 6.03 Å². The molecular weight excluding hydrogens is 268 g/mol. The number of hydrogen-bond donors (Lipinski definition) is 2. The molecule has 0 spiro atoms. The van der Waals surface area contributed by atoms with Crippen LogP contribution < -0.4 is 20.1 Å². The molecule has 0 aliphatic carbocycles. The maximum Gasteiger partial charge on any atom is 0.319 e. The Morgan fingerprint density at radius 1 is 1.14 bits per heavy atom. The standard InChI is InChI=1S/C16H16N2O3/c1-20-14-8-7-13-12(9-17-16(19)18-13)15(14)21-10-11-5-3-2-4-6-11/h2-8H,9-10H2,1H3,(H2,17,18,19). The molecule has 1 aliphatic heterocycles. The molecule has 1 heterocycles. The van der Waals surface area contributed by atoms with Crippen LogP contribution in [0.3, 0.4) is 0 Å². The highest BCUT2D eigenvalue weighted by Crippen LogP contribution is 2.37. The minimum absolute atomic E-state index is 0.207. The van der Waals surface area contributed by atoms with Gasteiger partial charge < -0.3 is 20.1 Å². The van der Waals surface area contributed by atoms with Crippen molar-refractivity contribution in [2.24, 2.45) is 0 Å². The first-order chi connectivity index (χ1) is 10.3. The van der Waals surface area contributed by atoms with E-state index >= 15 is 0 Å². The van der Waals surface area contributed by atoms with Crippen molar-refractivity contribution in [1.82, 2.24) is 5.32 Å². The lowest BCUT2D eigenvalue weighted by Crippen LogP contribution is -2.33. The number of anilines is 1. The third-order valence-electron chi connectivity index (χ3n) is 3.34. The molecule has 5 nitrogen and oxygen atoms in total. The molecule has 0 bridgehead atoms. The third-order valence-corrected chi connectivity index (χ3v) is 3.34. The molecule has 1 aliphatic rings. The minimum atomic E-state index is -0.207. The molecule has 2 aromatic carbocycles. The Bertz CT molecular complexity index is 656. The van der Waals surface area contributed by atoms with Crippen LogP contribution in [-0.2, 0) is 13.2 Å². The summed E-state index contributed by atoms with van der Waals surface area (Å²) < 4.78 is 11.3. The number of methoxy groups -OCH3 is 1. The Hall–Kier alpha value is -2.69. The summed E-state index contributed by atoms with van der Waals surface area (Å²) >= 11 is 0. The van der Waals surface area contributed by atoms with Gasteiger partial charge in [-0.1, -0.05) is 30.3 Å². The van der Waals surface area contributed by atoms with Crippen molar-refractivity contribution in [2.45, 2.75) is 13.2 Å². The first-order valence-corrected chi connectivity index (χ1v) is 6.69. The summed E-state index contributed by atoms with van der Waals surface area (Å²) in [6.07, 6.45) is 0. The van der Waals surface area contributed by atoms with Crippen LogP contribution in [0.15, 0.2) is 42.5 Å². The van der Waals surface area contributed by atoms with E-state index in [4.69, 9.17) is 9.47 Å². The summed E-state index contributed by atoms with van der Waals surface area (Å²) in [5, 5.41) is 5.51. The van der Waals surface area contributed by atoms with Gasteiger partial charge in [-0.15, -0.1) is 0 Å². The summed E-state index contributed by atoms with van der Waals surface area (Å²) in [5.41, 5.74) is 2.72. The number of urea groups is 1. The van der Waals surface area contributed by atoms with Crippen LogP contribution in [-0.4, -0.2) is 13.1 Å². The normalized spacial score (nSPS) is 12.9. The Morgan fingerprint density at radius 2 is 1.95 bits per heavy atom. The quantitative estimate of drug-likeness (QED) is 0.907. The van der Waals surface area contributed by atoms with E-state index in [0.29, 0.717) is 24.7 Å². The molecule has 0 aromatic heterocycles. The maximum absolute atomic E-state index is 11.4. The minimum Gasteiger partial charge on any atom is -0.493 e. The molecule has 0 unspecified atom stereocenters. The molecule has 21 heavy (non-hydrogen) atoms. The van der Waals surface area contributed by atoms with Crippen LogP contribution in [0.2, 0.25) is 0 Å². The molecule has 0 radical (unpaired) electrons. The summed E-state index contributed by atoms with van der Waals surface area (Å²) in [6, 6.07) is 13.3. The molecule has 0 atom stereocenters. The summed E-state index contributed by atoms with van der Waals surface area (Å²) in [6.45, 7) is 0.865. The second-order valence-corrected chi connectivity index (χ2v) is 4.71. The van der Waals surface area contributed by atoms with Gasteiger partial charge in [-0.05, 0) is 17.7 Å². The van der Waals surface area contributed by atoms with Crippen molar-refractivity contribution in [1.29, 1.82) is 0 Å². The van der Waals surface area contributed by atoms with Gasteiger partial charge in [-0.3, -0.25) is 0 Å². The SMILES string of the molecule is COc1ccc2c(c1OCc1ccccc1)CNC(=O)N2. The van der Waals surface area contributed by atoms with Crippen molar-refractivity contribution in [3.05, 3.63) is 53.6 Å². The highest BCUT2D eigenvalue weighted by Gasteiger charge is 2.21. The van der Waals surface area contributed by atoms with Gasteiger partial charge in [0.1, 0.15) is 6.61 Å². The highest BCUT2D eigenvalue weighted by molar-refractivity contribution is 5.93. The van der Waals surface area contributed by atoms with Gasteiger partial charge in [-0.25, -0.2) is 4.79 Å². The van der Waals surface area contributed by atoms with Crippen LogP contribution in [0.25, 0.3) is 0 Å². The fourth-order valence-electron chi connectivity index (χ4n) is 2.28. The molecule has 2 amide bonds. The maximum atomic E-state index is 11.4. The summed E-state index contributed by atoms with van der Waals surface area (Å²) in [5.74, 6) is 1.31. The Balaban J connectivity index is 1.89. The Morgan fingerprint density at radius 3 is 2.71 bits per heavy atom. The first kappa shape index (κ1) is 13.3. The molecular formula is C16H16N2O3. The van der Waals surface area contributed by atoms with Crippen LogP contribution >= 0.6 is 0 Å². The number of amides is 2. The topological polar surface area (TPSA) is 59.6 Å². The molecule has 0 fully saturated rings. The molecule has 2 N–H and O–H groups in total. The van der Waals surface area contributed by atoms with E-state index in [9.17, 15) is 4.79 Å². The molecule has 0 saturated heterocycles. The number of carbonyl (C=O) groups excluding carboxylic acids is 1. The summed E-state index contributed by atoms with van der Waals surface area (Å²) in [7, 11) is 1.60. The number of fused-ring (bicyclic) bond motifs is 1. The van der Waals surface area contributed by atoms with Crippen molar-refractivity contribution in [2.75, 3.05) is 12.4 Å². The average molecular weight is 284 g/mol. The lowest BCUT2D eigenvalue weighted by Gasteiger charge is -2.23.